The van der Waals surface area contributed by atoms with E-state index in [1.54, 1.807) is 0 Å². The van der Waals surface area contributed by atoms with Crippen molar-refractivity contribution in [3.8, 4) is 0 Å². The highest BCUT2D eigenvalue weighted by atomic mass is 16.5. The third-order valence-electron chi connectivity index (χ3n) is 3.13. The second kappa shape index (κ2) is 5.84. The minimum Gasteiger partial charge on any atom is -0.465 e. The quantitative estimate of drug-likeness (QED) is 0.850. The van der Waals surface area contributed by atoms with Crippen LogP contribution in [0.25, 0.3) is 0 Å². The van der Waals surface area contributed by atoms with Gasteiger partial charge in [0.2, 0.25) is 0 Å². The highest BCUT2D eigenvalue weighted by Gasteiger charge is 2.32. The molecule has 1 aromatic carbocycles. The van der Waals surface area contributed by atoms with Crippen LogP contribution in [0.3, 0.4) is 0 Å². The fraction of sp³-hybridized carbons (Fsp3) is 0.462. The second-order valence-electron chi connectivity index (χ2n) is 4.39. The highest BCUT2D eigenvalue weighted by Crippen LogP contribution is 2.18. The van der Waals surface area contributed by atoms with Crippen molar-refractivity contribution in [3.63, 3.8) is 0 Å². The Morgan fingerprint density at radius 3 is 2.72 bits per heavy atom. The molecule has 0 aliphatic carbocycles. The molecule has 0 radical (unpaired) electrons. The lowest BCUT2D eigenvalue weighted by Gasteiger charge is -2.35. The molecule has 18 heavy (non-hydrogen) atoms. The largest absolute Gasteiger partial charge is 0.465 e. The summed E-state index contributed by atoms with van der Waals surface area (Å²) in [6, 6.07) is 8.99. The molecule has 98 valence electrons. The van der Waals surface area contributed by atoms with Gasteiger partial charge in [-0.25, -0.2) is 4.79 Å². The smallest absolute Gasteiger partial charge is 0.407 e. The number of carboxylic acid groups (broad SMARTS) is 1. The maximum absolute atomic E-state index is 11.3. The van der Waals surface area contributed by atoms with E-state index >= 15 is 0 Å². The highest BCUT2D eigenvalue weighted by molar-refractivity contribution is 5.65. The molecule has 0 aromatic heterocycles. The Kier molecular flexibility index (Phi) is 4.17. The Bertz CT molecular complexity index is 395. The predicted octanol–water partition coefficient (Wildman–Crippen LogP) is 1.32. The zero-order valence-corrected chi connectivity index (χ0v) is 10.0. The monoisotopic (exact) mass is 251 g/mol. The van der Waals surface area contributed by atoms with Gasteiger partial charge in [0, 0.05) is 13.2 Å². The topological polar surface area (TPSA) is 70.0 Å². The minimum absolute atomic E-state index is 0.198. The molecule has 2 atom stereocenters. The Morgan fingerprint density at radius 2 is 2.11 bits per heavy atom. The van der Waals surface area contributed by atoms with E-state index in [9.17, 15) is 15.0 Å². The van der Waals surface area contributed by atoms with Gasteiger partial charge in [-0.15, -0.1) is 0 Å². The summed E-state index contributed by atoms with van der Waals surface area (Å²) in [5.74, 6) is 0. The molecule has 1 aliphatic heterocycles. The van der Waals surface area contributed by atoms with E-state index in [1.807, 2.05) is 30.3 Å². The first-order valence-electron chi connectivity index (χ1n) is 5.98. The maximum atomic E-state index is 11.3. The molecule has 5 heteroatoms. The number of aliphatic hydroxyl groups is 1. The Hall–Kier alpha value is -1.59. The molecule has 0 saturated carbocycles. The normalized spacial score (nSPS) is 23.6. The standard InChI is InChI=1S/C13H17NO4/c15-12-9-18-7-6-11(12)14(13(16)17)8-10-4-2-1-3-5-10/h1-5,11-12,15H,6-9H2,(H,16,17)/t11-,12-/m0/s1. The molecule has 2 N–H and O–H groups in total. The Balaban J connectivity index is 2.10. The first-order chi connectivity index (χ1) is 8.68. The van der Waals surface area contributed by atoms with E-state index in [2.05, 4.69) is 0 Å². The van der Waals surface area contributed by atoms with E-state index in [1.165, 1.54) is 4.90 Å². The van der Waals surface area contributed by atoms with Crippen molar-refractivity contribution in [2.75, 3.05) is 13.2 Å². The first-order valence-corrected chi connectivity index (χ1v) is 5.98. The van der Waals surface area contributed by atoms with Crippen LogP contribution < -0.4 is 0 Å². The maximum Gasteiger partial charge on any atom is 0.407 e. The van der Waals surface area contributed by atoms with Crippen LogP contribution in [0.5, 0.6) is 0 Å². The van der Waals surface area contributed by atoms with Gasteiger partial charge in [0.25, 0.3) is 0 Å². The van der Waals surface area contributed by atoms with Crippen LogP contribution in [-0.2, 0) is 11.3 Å². The SMILES string of the molecule is O=C(O)N(Cc1ccccc1)[C@H]1CCOC[C@@H]1O. The number of carbonyl (C=O) groups is 1. The van der Waals surface area contributed by atoms with Crippen molar-refractivity contribution in [1.82, 2.24) is 4.90 Å². The van der Waals surface area contributed by atoms with Crippen LogP contribution in [0.4, 0.5) is 4.79 Å². The number of nitrogens with zero attached hydrogens (tertiary/aromatic N) is 1. The van der Waals surface area contributed by atoms with Crippen molar-refractivity contribution in [3.05, 3.63) is 35.9 Å². The molecular weight excluding hydrogens is 234 g/mol. The summed E-state index contributed by atoms with van der Waals surface area (Å²) in [7, 11) is 0. The van der Waals surface area contributed by atoms with Crippen molar-refractivity contribution < 1.29 is 19.7 Å². The molecule has 0 spiro atoms. The van der Waals surface area contributed by atoms with Crippen LogP contribution in [0.1, 0.15) is 12.0 Å². The molecule has 1 aromatic rings. The summed E-state index contributed by atoms with van der Waals surface area (Å²) in [6.45, 7) is 0.974. The van der Waals surface area contributed by atoms with Crippen LogP contribution >= 0.6 is 0 Å². The molecular formula is C13H17NO4. The van der Waals surface area contributed by atoms with Gasteiger partial charge in [-0.2, -0.15) is 0 Å². The first kappa shape index (κ1) is 12.9. The molecule has 1 saturated heterocycles. The van der Waals surface area contributed by atoms with Gasteiger partial charge in [0.15, 0.2) is 0 Å². The van der Waals surface area contributed by atoms with E-state index in [4.69, 9.17) is 4.74 Å². The van der Waals surface area contributed by atoms with Gasteiger partial charge in [-0.05, 0) is 12.0 Å². The van der Waals surface area contributed by atoms with Crippen LogP contribution in [0.15, 0.2) is 30.3 Å². The lowest BCUT2D eigenvalue weighted by molar-refractivity contribution is -0.0603. The Morgan fingerprint density at radius 1 is 1.39 bits per heavy atom. The van der Waals surface area contributed by atoms with Crippen LogP contribution in [-0.4, -0.2) is 46.6 Å². The predicted molar refractivity (Wildman–Crippen MR) is 65.2 cm³/mol. The number of hydrogen-bond donors (Lipinski definition) is 2. The number of ether oxygens (including phenoxy) is 1. The zero-order valence-electron chi connectivity index (χ0n) is 10.0. The van der Waals surface area contributed by atoms with Gasteiger partial charge < -0.3 is 14.9 Å². The van der Waals surface area contributed by atoms with Gasteiger partial charge in [0.05, 0.1) is 18.8 Å². The number of rotatable bonds is 3. The third-order valence-corrected chi connectivity index (χ3v) is 3.13. The number of amides is 1. The molecule has 2 rings (SSSR count). The fourth-order valence-corrected chi connectivity index (χ4v) is 2.18. The van der Waals surface area contributed by atoms with Gasteiger partial charge in [-0.1, -0.05) is 30.3 Å². The van der Waals surface area contributed by atoms with Gasteiger partial charge >= 0.3 is 6.09 Å². The zero-order chi connectivity index (χ0) is 13.0. The van der Waals surface area contributed by atoms with Crippen LogP contribution in [0, 0.1) is 0 Å². The van der Waals surface area contributed by atoms with Crippen molar-refractivity contribution in [2.45, 2.75) is 25.1 Å². The van der Waals surface area contributed by atoms with E-state index in [0.29, 0.717) is 13.0 Å². The van der Waals surface area contributed by atoms with Crippen molar-refractivity contribution >= 4 is 6.09 Å². The fourth-order valence-electron chi connectivity index (χ4n) is 2.18. The molecule has 0 bridgehead atoms. The summed E-state index contributed by atoms with van der Waals surface area (Å²) in [6.07, 6.45) is -1.23. The molecule has 1 aliphatic rings. The van der Waals surface area contributed by atoms with Crippen molar-refractivity contribution in [2.24, 2.45) is 0 Å². The number of benzene rings is 1. The van der Waals surface area contributed by atoms with Gasteiger partial charge in [-0.3, -0.25) is 4.90 Å². The van der Waals surface area contributed by atoms with E-state index in [-0.39, 0.29) is 13.2 Å². The Labute approximate surface area is 106 Å². The minimum atomic E-state index is -1.01. The number of hydrogen-bond acceptors (Lipinski definition) is 3. The second-order valence-corrected chi connectivity index (χ2v) is 4.39. The summed E-state index contributed by atoms with van der Waals surface area (Å²) in [5, 5.41) is 19.1. The third kappa shape index (κ3) is 3.00. The van der Waals surface area contributed by atoms with Crippen LogP contribution in [0.2, 0.25) is 0 Å². The molecule has 1 fully saturated rings. The average Bonchev–Trinajstić information content (AvgIpc) is 2.38. The molecule has 0 unspecified atom stereocenters. The molecule has 1 amide bonds. The molecule has 1 heterocycles. The van der Waals surface area contributed by atoms with E-state index < -0.39 is 18.2 Å². The summed E-state index contributed by atoms with van der Waals surface area (Å²) in [5.41, 5.74) is 0.915. The summed E-state index contributed by atoms with van der Waals surface area (Å²) < 4.78 is 5.12. The van der Waals surface area contributed by atoms with Gasteiger partial charge in [0.1, 0.15) is 0 Å². The van der Waals surface area contributed by atoms with E-state index in [0.717, 1.165) is 5.56 Å². The number of aliphatic hydroxyl groups excluding tert-OH is 1. The molecule has 5 nitrogen and oxygen atoms in total. The lowest BCUT2D eigenvalue weighted by atomic mass is 10.0. The summed E-state index contributed by atoms with van der Waals surface area (Å²) >= 11 is 0. The van der Waals surface area contributed by atoms with Crippen molar-refractivity contribution in [1.29, 1.82) is 0 Å². The lowest BCUT2D eigenvalue weighted by Crippen LogP contribution is -2.50. The average molecular weight is 251 g/mol. The summed E-state index contributed by atoms with van der Waals surface area (Å²) in [4.78, 5) is 12.6.